The van der Waals surface area contributed by atoms with Gasteiger partial charge in [0, 0.05) is 21.9 Å². The minimum atomic E-state index is -0.122. The molecule has 7 heteroatoms. The second kappa shape index (κ2) is 5.50. The quantitative estimate of drug-likeness (QED) is 0.762. The zero-order chi connectivity index (χ0) is 16.0. The summed E-state index contributed by atoms with van der Waals surface area (Å²) in [5.41, 5.74) is 1.51. The Kier molecular flexibility index (Phi) is 3.46. The van der Waals surface area contributed by atoms with Gasteiger partial charge in [-0.15, -0.1) is 11.3 Å². The van der Waals surface area contributed by atoms with Crippen molar-refractivity contribution in [3.05, 3.63) is 33.5 Å². The average molecular weight is 346 g/mol. The SMILES string of the molecule is Cc1cc(C(=O)Nc2nc3cc4c(cc3s2)OCCO4)c(C)s1. The van der Waals surface area contributed by atoms with Crippen molar-refractivity contribution in [2.24, 2.45) is 0 Å². The normalized spacial score (nSPS) is 13.3. The molecular formula is C16H14N2O3S2. The number of ether oxygens (including phenoxy) is 2. The third-order valence-electron chi connectivity index (χ3n) is 3.56. The summed E-state index contributed by atoms with van der Waals surface area (Å²) < 4.78 is 12.1. The number of carbonyl (C=O) groups is 1. The van der Waals surface area contributed by atoms with E-state index in [0.29, 0.717) is 29.7 Å². The molecule has 4 rings (SSSR count). The number of rotatable bonds is 2. The zero-order valence-corrected chi connectivity index (χ0v) is 14.3. The number of aryl methyl sites for hydroxylation is 2. The van der Waals surface area contributed by atoms with Crippen molar-refractivity contribution in [3.63, 3.8) is 0 Å². The summed E-state index contributed by atoms with van der Waals surface area (Å²) >= 11 is 3.05. The van der Waals surface area contributed by atoms with E-state index >= 15 is 0 Å². The molecule has 0 fully saturated rings. The summed E-state index contributed by atoms with van der Waals surface area (Å²) in [6, 6.07) is 5.68. The fourth-order valence-electron chi connectivity index (χ4n) is 2.54. The third kappa shape index (κ3) is 2.66. The third-order valence-corrected chi connectivity index (χ3v) is 5.46. The largest absolute Gasteiger partial charge is 0.486 e. The Labute approximate surface area is 140 Å². The zero-order valence-electron chi connectivity index (χ0n) is 12.6. The molecule has 0 spiro atoms. The number of carbonyl (C=O) groups excluding carboxylic acids is 1. The number of nitrogens with one attached hydrogen (secondary N) is 1. The highest BCUT2D eigenvalue weighted by molar-refractivity contribution is 7.22. The first kappa shape index (κ1) is 14.5. The van der Waals surface area contributed by atoms with Gasteiger partial charge in [0.1, 0.15) is 13.2 Å². The van der Waals surface area contributed by atoms with Crippen LogP contribution in [0.15, 0.2) is 18.2 Å². The molecular weight excluding hydrogens is 332 g/mol. The molecule has 3 aromatic rings. The molecule has 1 amide bonds. The molecule has 0 bridgehead atoms. The summed E-state index contributed by atoms with van der Waals surface area (Å²) in [6.07, 6.45) is 0. The van der Waals surface area contributed by atoms with Crippen molar-refractivity contribution in [2.75, 3.05) is 18.5 Å². The highest BCUT2D eigenvalue weighted by Crippen LogP contribution is 2.38. The number of amides is 1. The number of benzene rings is 1. The Balaban J connectivity index is 1.64. The molecule has 1 aliphatic heterocycles. The Bertz CT molecular complexity index is 871. The first-order valence-corrected chi connectivity index (χ1v) is 8.82. The lowest BCUT2D eigenvalue weighted by Gasteiger charge is -2.17. The minimum Gasteiger partial charge on any atom is -0.486 e. The molecule has 23 heavy (non-hydrogen) atoms. The van der Waals surface area contributed by atoms with Crippen molar-refractivity contribution in [1.29, 1.82) is 0 Å². The van der Waals surface area contributed by atoms with E-state index in [1.165, 1.54) is 11.3 Å². The fraction of sp³-hybridized carbons (Fsp3) is 0.250. The van der Waals surface area contributed by atoms with Gasteiger partial charge in [0.2, 0.25) is 0 Å². The van der Waals surface area contributed by atoms with Crippen LogP contribution in [0.4, 0.5) is 5.13 Å². The van der Waals surface area contributed by atoms with E-state index in [0.717, 1.165) is 25.7 Å². The first-order valence-electron chi connectivity index (χ1n) is 7.19. The molecule has 1 N–H and O–H groups in total. The minimum absolute atomic E-state index is 0.122. The molecule has 0 saturated carbocycles. The van der Waals surface area contributed by atoms with E-state index < -0.39 is 0 Å². The summed E-state index contributed by atoms with van der Waals surface area (Å²) in [5.74, 6) is 1.31. The molecule has 1 aromatic carbocycles. The summed E-state index contributed by atoms with van der Waals surface area (Å²) in [6.45, 7) is 5.05. The van der Waals surface area contributed by atoms with Gasteiger partial charge < -0.3 is 9.47 Å². The number of nitrogens with zero attached hydrogens (tertiary/aromatic N) is 1. The molecule has 0 aliphatic carbocycles. The van der Waals surface area contributed by atoms with Crippen LogP contribution in [0.25, 0.3) is 10.2 Å². The monoisotopic (exact) mass is 346 g/mol. The van der Waals surface area contributed by atoms with E-state index in [2.05, 4.69) is 10.3 Å². The molecule has 0 saturated heterocycles. The smallest absolute Gasteiger partial charge is 0.258 e. The van der Waals surface area contributed by atoms with Gasteiger partial charge in [0.05, 0.1) is 15.8 Å². The van der Waals surface area contributed by atoms with Crippen LogP contribution in [0.3, 0.4) is 0 Å². The fourth-order valence-corrected chi connectivity index (χ4v) is 4.33. The van der Waals surface area contributed by atoms with Crippen LogP contribution in [0, 0.1) is 13.8 Å². The Morgan fingerprint density at radius 2 is 1.87 bits per heavy atom. The van der Waals surface area contributed by atoms with Crippen LogP contribution in [0.1, 0.15) is 20.1 Å². The Morgan fingerprint density at radius 1 is 1.13 bits per heavy atom. The second-order valence-corrected chi connectivity index (χ2v) is 7.75. The molecule has 2 aromatic heterocycles. The van der Waals surface area contributed by atoms with Crippen LogP contribution in [-0.4, -0.2) is 24.1 Å². The number of aromatic nitrogens is 1. The number of hydrogen-bond donors (Lipinski definition) is 1. The Hall–Kier alpha value is -2.12. The lowest BCUT2D eigenvalue weighted by Crippen LogP contribution is -2.15. The van der Waals surface area contributed by atoms with Gasteiger partial charge in [-0.25, -0.2) is 4.98 Å². The van der Waals surface area contributed by atoms with Gasteiger partial charge in [0.25, 0.3) is 5.91 Å². The van der Waals surface area contributed by atoms with Crippen LogP contribution < -0.4 is 14.8 Å². The molecule has 5 nitrogen and oxygen atoms in total. The van der Waals surface area contributed by atoms with Crippen molar-refractivity contribution in [3.8, 4) is 11.5 Å². The second-order valence-electron chi connectivity index (χ2n) is 5.26. The van der Waals surface area contributed by atoms with Gasteiger partial charge >= 0.3 is 0 Å². The maximum Gasteiger partial charge on any atom is 0.258 e. The van der Waals surface area contributed by atoms with Gasteiger partial charge in [-0.3, -0.25) is 10.1 Å². The van der Waals surface area contributed by atoms with Crippen molar-refractivity contribution in [2.45, 2.75) is 13.8 Å². The van der Waals surface area contributed by atoms with E-state index in [1.807, 2.05) is 32.0 Å². The molecule has 0 atom stereocenters. The molecule has 118 valence electrons. The predicted octanol–water partition coefficient (Wildman–Crippen LogP) is 4.00. The van der Waals surface area contributed by atoms with E-state index in [-0.39, 0.29) is 5.91 Å². The first-order chi connectivity index (χ1) is 11.1. The number of anilines is 1. The lowest BCUT2D eigenvalue weighted by molar-refractivity contribution is 0.102. The number of fused-ring (bicyclic) bond motifs is 2. The van der Waals surface area contributed by atoms with Gasteiger partial charge in [-0.05, 0) is 19.9 Å². The number of thiazole rings is 1. The summed E-state index contributed by atoms with van der Waals surface area (Å²) in [7, 11) is 0. The molecule has 3 heterocycles. The van der Waals surface area contributed by atoms with Gasteiger partial charge in [0.15, 0.2) is 16.6 Å². The van der Waals surface area contributed by atoms with E-state index in [9.17, 15) is 4.79 Å². The highest BCUT2D eigenvalue weighted by atomic mass is 32.1. The molecule has 1 aliphatic rings. The average Bonchev–Trinajstić information content (AvgIpc) is 3.06. The number of hydrogen-bond acceptors (Lipinski definition) is 6. The van der Waals surface area contributed by atoms with E-state index in [1.54, 1.807) is 11.3 Å². The van der Waals surface area contributed by atoms with Crippen LogP contribution in [0.5, 0.6) is 11.5 Å². The van der Waals surface area contributed by atoms with E-state index in [4.69, 9.17) is 9.47 Å². The highest BCUT2D eigenvalue weighted by Gasteiger charge is 2.17. The predicted molar refractivity (Wildman–Crippen MR) is 92.4 cm³/mol. The van der Waals surface area contributed by atoms with Crippen molar-refractivity contribution in [1.82, 2.24) is 4.98 Å². The summed E-state index contributed by atoms with van der Waals surface area (Å²) in [4.78, 5) is 19.0. The topological polar surface area (TPSA) is 60.5 Å². The van der Waals surface area contributed by atoms with Crippen LogP contribution in [0.2, 0.25) is 0 Å². The van der Waals surface area contributed by atoms with Gasteiger partial charge in [-0.2, -0.15) is 0 Å². The standard InChI is InChI=1S/C16H14N2O3S2/c1-8-5-10(9(2)22-8)15(19)18-16-17-11-6-12-13(7-14(11)23-16)21-4-3-20-12/h5-7H,3-4H2,1-2H3,(H,17,18,19). The lowest BCUT2D eigenvalue weighted by atomic mass is 10.2. The molecule has 0 unspecified atom stereocenters. The Morgan fingerprint density at radius 3 is 2.57 bits per heavy atom. The maximum absolute atomic E-state index is 12.4. The summed E-state index contributed by atoms with van der Waals surface area (Å²) in [5, 5.41) is 3.47. The van der Waals surface area contributed by atoms with Crippen molar-refractivity contribution >= 4 is 43.9 Å². The van der Waals surface area contributed by atoms with Crippen LogP contribution >= 0.6 is 22.7 Å². The van der Waals surface area contributed by atoms with Gasteiger partial charge in [-0.1, -0.05) is 11.3 Å². The van der Waals surface area contributed by atoms with Crippen LogP contribution in [-0.2, 0) is 0 Å². The number of thiophene rings is 1. The molecule has 0 radical (unpaired) electrons. The maximum atomic E-state index is 12.4. The van der Waals surface area contributed by atoms with Crippen molar-refractivity contribution < 1.29 is 14.3 Å².